The van der Waals surface area contributed by atoms with Gasteiger partial charge in [0.1, 0.15) is 12.1 Å². The zero-order valence-electron chi connectivity index (χ0n) is 32.4. The Morgan fingerprint density at radius 2 is 1.12 bits per heavy atom. The third-order valence-electron chi connectivity index (χ3n) is 8.84. The first-order valence-electron chi connectivity index (χ1n) is 20.4. The molecule has 4 N–H and O–H groups in total. The second-order valence-electron chi connectivity index (χ2n) is 13.7. The molecular formula is C42H74N2O7. The van der Waals surface area contributed by atoms with E-state index in [1.54, 1.807) is 0 Å². The Kier molecular flexibility index (Phi) is 34.7. The Balaban J connectivity index is 4.28. The van der Waals surface area contributed by atoms with Crippen LogP contribution in [0.1, 0.15) is 181 Å². The van der Waals surface area contributed by atoms with Crippen molar-refractivity contribution < 1.29 is 34.1 Å². The van der Waals surface area contributed by atoms with Gasteiger partial charge in [-0.15, -0.1) is 0 Å². The molecule has 0 bridgehead atoms. The molecule has 0 aromatic rings. The number of allylic oxidation sites excluding steroid dienone is 5. The van der Waals surface area contributed by atoms with Crippen LogP contribution in [0.5, 0.6) is 0 Å². The second-order valence-corrected chi connectivity index (χ2v) is 13.7. The molecule has 0 aliphatic heterocycles. The molecule has 0 spiro atoms. The predicted octanol–water partition coefficient (Wildman–Crippen LogP) is 9.43. The summed E-state index contributed by atoms with van der Waals surface area (Å²) in [6.45, 7) is 3.42. The maximum Gasteiger partial charge on any atom is 0.328 e. The van der Waals surface area contributed by atoms with Crippen molar-refractivity contribution in [3.63, 3.8) is 0 Å². The summed E-state index contributed by atoms with van der Waals surface area (Å²) in [5.74, 6) is -2.36. The second kappa shape index (κ2) is 36.8. The summed E-state index contributed by atoms with van der Waals surface area (Å²) >= 11 is 0. The lowest BCUT2D eigenvalue weighted by Gasteiger charge is -2.15. The molecular weight excluding hydrogens is 644 g/mol. The van der Waals surface area contributed by atoms with Gasteiger partial charge >= 0.3 is 11.9 Å². The number of aliphatic hydroxyl groups is 1. The van der Waals surface area contributed by atoms with Crippen LogP contribution in [-0.4, -0.2) is 59.3 Å². The minimum absolute atomic E-state index is 0.104. The van der Waals surface area contributed by atoms with Gasteiger partial charge in [-0.05, 0) is 76.7 Å². The summed E-state index contributed by atoms with van der Waals surface area (Å²) < 4.78 is 5.90. The first kappa shape index (κ1) is 48.1. The molecule has 0 aliphatic carbocycles. The highest BCUT2D eigenvalue weighted by molar-refractivity contribution is 5.87. The number of aliphatic carboxylic acids is 1. The molecule has 0 saturated carbocycles. The van der Waals surface area contributed by atoms with Gasteiger partial charge in [-0.2, -0.15) is 0 Å². The van der Waals surface area contributed by atoms with Gasteiger partial charge in [0, 0.05) is 12.8 Å². The maximum atomic E-state index is 12.7. The zero-order valence-corrected chi connectivity index (χ0v) is 32.4. The maximum absolute atomic E-state index is 12.7. The standard InChI is InChI=1S/C42H74N2O7/c1-3-5-7-9-11-13-14-15-16-17-18-20-26-30-34-41(48)51-37(31-27-23-19-12-10-8-6-4-2)32-28-24-21-22-25-29-33-39(46)43-35-40(47)44-38(36-45)42(49)50/h12,14-15,19,27,31,37-38,45H,3-11,13,16-18,20-26,28-30,32-36H2,1-2H3,(H,43,46)(H,44,47)(H,49,50)/b15-14-,19-12-,31-27-. The number of nitrogens with one attached hydrogen (secondary N) is 2. The number of unbranched alkanes of at least 4 members (excludes halogenated alkanes) is 18. The van der Waals surface area contributed by atoms with Crippen LogP contribution in [0, 0.1) is 0 Å². The number of amides is 2. The van der Waals surface area contributed by atoms with Crippen molar-refractivity contribution in [2.45, 2.75) is 193 Å². The molecule has 2 amide bonds. The van der Waals surface area contributed by atoms with Gasteiger partial charge in [0.2, 0.25) is 11.8 Å². The number of aliphatic hydroxyl groups excluding tert-OH is 1. The molecule has 0 heterocycles. The Morgan fingerprint density at radius 3 is 1.73 bits per heavy atom. The highest BCUT2D eigenvalue weighted by Gasteiger charge is 2.18. The Labute approximate surface area is 310 Å². The van der Waals surface area contributed by atoms with Gasteiger partial charge in [0.05, 0.1) is 13.2 Å². The third-order valence-corrected chi connectivity index (χ3v) is 8.84. The smallest absolute Gasteiger partial charge is 0.328 e. The van der Waals surface area contributed by atoms with Crippen molar-refractivity contribution in [2.75, 3.05) is 13.2 Å². The van der Waals surface area contributed by atoms with Gasteiger partial charge < -0.3 is 25.6 Å². The van der Waals surface area contributed by atoms with Crippen LogP contribution in [0.2, 0.25) is 0 Å². The van der Waals surface area contributed by atoms with Crippen LogP contribution in [0.25, 0.3) is 0 Å². The van der Waals surface area contributed by atoms with Crippen LogP contribution in [0.3, 0.4) is 0 Å². The zero-order chi connectivity index (χ0) is 37.6. The number of carboxylic acid groups (broad SMARTS) is 1. The summed E-state index contributed by atoms with van der Waals surface area (Å²) in [5, 5.41) is 22.5. The number of hydrogen-bond acceptors (Lipinski definition) is 6. The lowest BCUT2D eigenvalue weighted by atomic mass is 10.1. The molecule has 0 saturated heterocycles. The van der Waals surface area contributed by atoms with Crippen LogP contribution >= 0.6 is 0 Å². The molecule has 0 rings (SSSR count). The van der Waals surface area contributed by atoms with Crippen LogP contribution < -0.4 is 10.6 Å². The van der Waals surface area contributed by atoms with E-state index in [2.05, 4.69) is 60.9 Å². The average molecular weight is 719 g/mol. The largest absolute Gasteiger partial charge is 0.480 e. The number of hydrogen-bond donors (Lipinski definition) is 4. The van der Waals surface area contributed by atoms with Crippen molar-refractivity contribution in [3.05, 3.63) is 36.5 Å². The van der Waals surface area contributed by atoms with Crippen molar-refractivity contribution in [1.29, 1.82) is 0 Å². The molecule has 0 aromatic heterocycles. The molecule has 0 aromatic carbocycles. The third kappa shape index (κ3) is 33.9. The van der Waals surface area contributed by atoms with E-state index < -0.39 is 24.5 Å². The van der Waals surface area contributed by atoms with Crippen LogP contribution in [0.15, 0.2) is 36.5 Å². The molecule has 9 nitrogen and oxygen atoms in total. The number of esters is 1. The van der Waals surface area contributed by atoms with Crippen molar-refractivity contribution in [1.82, 2.24) is 10.6 Å². The highest BCUT2D eigenvalue weighted by atomic mass is 16.5. The number of carbonyl (C=O) groups excluding carboxylic acids is 3. The molecule has 9 heteroatoms. The molecule has 294 valence electrons. The van der Waals surface area contributed by atoms with Gasteiger partial charge in [0.25, 0.3) is 0 Å². The van der Waals surface area contributed by atoms with Crippen molar-refractivity contribution >= 4 is 23.8 Å². The molecule has 0 aliphatic rings. The van der Waals surface area contributed by atoms with E-state index in [4.69, 9.17) is 14.9 Å². The van der Waals surface area contributed by atoms with Gasteiger partial charge in [-0.1, -0.05) is 128 Å². The molecule has 0 radical (unpaired) electrons. The Morgan fingerprint density at radius 1 is 0.608 bits per heavy atom. The number of rotatable bonds is 36. The van der Waals surface area contributed by atoms with E-state index in [0.29, 0.717) is 19.3 Å². The number of ether oxygens (including phenoxy) is 1. The lowest BCUT2D eigenvalue weighted by Crippen LogP contribution is -2.47. The van der Waals surface area contributed by atoms with E-state index in [9.17, 15) is 19.2 Å². The summed E-state index contributed by atoms with van der Waals surface area (Å²) in [5.41, 5.74) is 0. The van der Waals surface area contributed by atoms with Crippen molar-refractivity contribution in [2.24, 2.45) is 0 Å². The fraction of sp³-hybridized carbons (Fsp3) is 0.762. The average Bonchev–Trinajstić information content (AvgIpc) is 3.11. The van der Waals surface area contributed by atoms with E-state index in [0.717, 1.165) is 77.0 Å². The minimum Gasteiger partial charge on any atom is -0.480 e. The van der Waals surface area contributed by atoms with E-state index in [1.807, 2.05) is 0 Å². The first-order valence-corrected chi connectivity index (χ1v) is 20.4. The van der Waals surface area contributed by atoms with Crippen LogP contribution in [0.4, 0.5) is 0 Å². The number of carboxylic acids is 1. The fourth-order valence-electron chi connectivity index (χ4n) is 5.66. The quantitative estimate of drug-likeness (QED) is 0.0287. The van der Waals surface area contributed by atoms with Gasteiger partial charge in [0.15, 0.2) is 0 Å². The van der Waals surface area contributed by atoms with Crippen molar-refractivity contribution in [3.8, 4) is 0 Å². The summed E-state index contributed by atoms with van der Waals surface area (Å²) in [6, 6.07) is -1.38. The molecule has 51 heavy (non-hydrogen) atoms. The van der Waals surface area contributed by atoms with E-state index in [1.165, 1.54) is 70.6 Å². The van der Waals surface area contributed by atoms with E-state index in [-0.39, 0.29) is 24.5 Å². The SMILES string of the molecule is CCCCC/C=C\C/C=C\C(CCCCCCCCC(=O)NCC(=O)NC(CO)C(=O)O)OC(=O)CCCCCCC/C=C\CCCCCCC. The summed E-state index contributed by atoms with van der Waals surface area (Å²) in [7, 11) is 0. The Bertz CT molecular complexity index is 963. The summed E-state index contributed by atoms with van der Waals surface area (Å²) in [4.78, 5) is 47.3. The van der Waals surface area contributed by atoms with Gasteiger partial charge in [-0.3, -0.25) is 14.4 Å². The van der Waals surface area contributed by atoms with Crippen LogP contribution in [-0.2, 0) is 23.9 Å². The highest BCUT2D eigenvalue weighted by Crippen LogP contribution is 2.15. The summed E-state index contributed by atoms with van der Waals surface area (Å²) in [6.07, 6.45) is 40.5. The normalized spacial score (nSPS) is 12.8. The number of carbonyl (C=O) groups is 4. The topological polar surface area (TPSA) is 142 Å². The predicted molar refractivity (Wildman–Crippen MR) is 208 cm³/mol. The molecule has 2 unspecified atom stereocenters. The Hall–Kier alpha value is -2.94. The first-order chi connectivity index (χ1) is 24.8. The lowest BCUT2D eigenvalue weighted by molar-refractivity contribution is -0.147. The monoisotopic (exact) mass is 719 g/mol. The van der Waals surface area contributed by atoms with E-state index >= 15 is 0 Å². The van der Waals surface area contributed by atoms with Gasteiger partial charge in [-0.25, -0.2) is 4.79 Å². The molecule has 2 atom stereocenters. The fourth-order valence-corrected chi connectivity index (χ4v) is 5.66. The molecule has 0 fully saturated rings. The minimum atomic E-state index is -1.38.